The van der Waals surface area contributed by atoms with Gasteiger partial charge in [0.2, 0.25) is 0 Å². The Bertz CT molecular complexity index is 363. The summed E-state index contributed by atoms with van der Waals surface area (Å²) in [7, 11) is 0. The van der Waals surface area contributed by atoms with Crippen molar-refractivity contribution in [2.75, 3.05) is 0 Å². The highest BCUT2D eigenvalue weighted by Crippen LogP contribution is 2.50. The molecule has 1 saturated carbocycles. The second-order valence-corrected chi connectivity index (χ2v) is 5.55. The van der Waals surface area contributed by atoms with Crippen LogP contribution < -0.4 is 0 Å². The highest BCUT2D eigenvalue weighted by molar-refractivity contribution is 5.66. The Morgan fingerprint density at radius 2 is 2.19 bits per heavy atom. The maximum Gasteiger partial charge on any atom is 0.303 e. The summed E-state index contributed by atoms with van der Waals surface area (Å²) in [5.74, 6) is 1.89. The number of allylic oxidation sites excluding steroid dienone is 3. The van der Waals surface area contributed by atoms with Crippen molar-refractivity contribution in [1.82, 2.24) is 0 Å². The smallest absolute Gasteiger partial charge is 0.303 e. The maximum atomic E-state index is 11.0. The van der Waals surface area contributed by atoms with Gasteiger partial charge < -0.3 is 4.74 Å². The highest BCUT2D eigenvalue weighted by Gasteiger charge is 2.41. The van der Waals surface area contributed by atoms with Crippen molar-refractivity contribution in [3.05, 3.63) is 23.8 Å². The Morgan fingerprint density at radius 1 is 1.50 bits per heavy atom. The van der Waals surface area contributed by atoms with Crippen LogP contribution in [-0.2, 0) is 9.53 Å². The minimum Gasteiger partial charge on any atom is -0.456 e. The molecule has 0 heterocycles. The molecule has 3 atom stereocenters. The van der Waals surface area contributed by atoms with E-state index in [9.17, 15) is 4.79 Å². The SMILES string of the molecule is CC(=O)OC(C)(C)C=C1C[C@H]2C(C)C=C[C@@H]12. The van der Waals surface area contributed by atoms with Gasteiger partial charge >= 0.3 is 5.97 Å². The van der Waals surface area contributed by atoms with E-state index in [1.165, 1.54) is 12.5 Å². The van der Waals surface area contributed by atoms with Gasteiger partial charge in [-0.3, -0.25) is 4.79 Å². The van der Waals surface area contributed by atoms with Gasteiger partial charge in [0.25, 0.3) is 0 Å². The van der Waals surface area contributed by atoms with Gasteiger partial charge in [0.1, 0.15) is 5.60 Å². The van der Waals surface area contributed by atoms with Gasteiger partial charge in [-0.25, -0.2) is 0 Å². The van der Waals surface area contributed by atoms with Crippen molar-refractivity contribution in [1.29, 1.82) is 0 Å². The van der Waals surface area contributed by atoms with Crippen LogP contribution in [0.1, 0.15) is 34.1 Å². The van der Waals surface area contributed by atoms with Crippen molar-refractivity contribution in [2.45, 2.75) is 39.7 Å². The molecule has 2 heteroatoms. The lowest BCUT2D eigenvalue weighted by molar-refractivity contribution is -0.149. The van der Waals surface area contributed by atoms with Gasteiger partial charge in [0, 0.05) is 12.8 Å². The van der Waals surface area contributed by atoms with Gasteiger partial charge in [-0.15, -0.1) is 0 Å². The quantitative estimate of drug-likeness (QED) is 0.528. The predicted molar refractivity (Wildman–Crippen MR) is 63.8 cm³/mol. The number of carbonyl (C=O) groups is 1. The first-order chi connectivity index (χ1) is 7.39. The molecule has 0 aromatic carbocycles. The average Bonchev–Trinajstić information content (AvgIpc) is 2.36. The number of ether oxygens (including phenoxy) is 1. The molecule has 0 spiro atoms. The van der Waals surface area contributed by atoms with Gasteiger partial charge in [0.05, 0.1) is 0 Å². The molecule has 1 fully saturated rings. The first-order valence-corrected chi connectivity index (χ1v) is 5.98. The fourth-order valence-electron chi connectivity index (χ4n) is 2.87. The summed E-state index contributed by atoms with van der Waals surface area (Å²) in [5, 5.41) is 0. The number of esters is 1. The van der Waals surface area contributed by atoms with Crippen molar-refractivity contribution in [3.63, 3.8) is 0 Å². The molecule has 2 rings (SSSR count). The zero-order chi connectivity index (χ0) is 11.9. The van der Waals surface area contributed by atoms with Crippen LogP contribution in [0.15, 0.2) is 23.8 Å². The van der Waals surface area contributed by atoms with Crippen LogP contribution in [0.2, 0.25) is 0 Å². The summed E-state index contributed by atoms with van der Waals surface area (Å²) in [5.41, 5.74) is 0.961. The van der Waals surface area contributed by atoms with Crippen molar-refractivity contribution >= 4 is 5.97 Å². The number of hydrogen-bond donors (Lipinski definition) is 0. The fourth-order valence-corrected chi connectivity index (χ4v) is 2.87. The monoisotopic (exact) mass is 220 g/mol. The summed E-state index contributed by atoms with van der Waals surface area (Å²) < 4.78 is 5.28. The van der Waals surface area contributed by atoms with Gasteiger partial charge in [-0.2, -0.15) is 0 Å². The lowest BCUT2D eigenvalue weighted by Gasteiger charge is -2.38. The van der Waals surface area contributed by atoms with E-state index < -0.39 is 5.60 Å². The summed E-state index contributed by atoms with van der Waals surface area (Å²) in [6.45, 7) is 7.62. The lowest BCUT2D eigenvalue weighted by Crippen LogP contribution is -2.32. The predicted octanol–water partition coefficient (Wildman–Crippen LogP) is 3.10. The topological polar surface area (TPSA) is 26.3 Å². The van der Waals surface area contributed by atoms with Crippen LogP contribution in [0.5, 0.6) is 0 Å². The van der Waals surface area contributed by atoms with E-state index in [1.54, 1.807) is 0 Å². The number of rotatable bonds is 2. The Kier molecular flexibility index (Phi) is 2.69. The minimum atomic E-state index is -0.466. The molecule has 0 N–H and O–H groups in total. The van der Waals surface area contributed by atoms with E-state index in [-0.39, 0.29) is 5.97 Å². The summed E-state index contributed by atoms with van der Waals surface area (Å²) in [6, 6.07) is 0. The average molecular weight is 220 g/mol. The molecule has 0 amide bonds. The first kappa shape index (κ1) is 11.4. The molecular formula is C14H20O2. The zero-order valence-corrected chi connectivity index (χ0v) is 10.5. The van der Waals surface area contributed by atoms with E-state index in [0.29, 0.717) is 11.8 Å². The Hall–Kier alpha value is -1.05. The maximum absolute atomic E-state index is 11.0. The Morgan fingerprint density at radius 3 is 2.75 bits per heavy atom. The molecule has 0 aliphatic heterocycles. The fraction of sp³-hybridized carbons (Fsp3) is 0.643. The number of fused-ring (bicyclic) bond motifs is 1. The van der Waals surface area contributed by atoms with Crippen molar-refractivity contribution < 1.29 is 9.53 Å². The van der Waals surface area contributed by atoms with Crippen LogP contribution in [0.4, 0.5) is 0 Å². The third-order valence-electron chi connectivity index (χ3n) is 3.60. The summed E-state index contributed by atoms with van der Waals surface area (Å²) in [4.78, 5) is 11.0. The highest BCUT2D eigenvalue weighted by atomic mass is 16.6. The molecule has 2 nitrogen and oxygen atoms in total. The van der Waals surface area contributed by atoms with E-state index >= 15 is 0 Å². The van der Waals surface area contributed by atoms with E-state index in [4.69, 9.17) is 4.74 Å². The number of carbonyl (C=O) groups excluding carboxylic acids is 1. The van der Waals surface area contributed by atoms with Gasteiger partial charge in [-0.1, -0.05) is 24.6 Å². The van der Waals surface area contributed by atoms with Crippen LogP contribution in [0.25, 0.3) is 0 Å². The van der Waals surface area contributed by atoms with Crippen LogP contribution in [0, 0.1) is 17.8 Å². The summed E-state index contributed by atoms with van der Waals surface area (Å²) >= 11 is 0. The Balaban J connectivity index is 2.04. The Labute approximate surface area is 97.4 Å². The normalized spacial score (nSPS) is 34.8. The van der Waals surface area contributed by atoms with Crippen molar-refractivity contribution in [2.24, 2.45) is 17.8 Å². The third-order valence-corrected chi connectivity index (χ3v) is 3.60. The molecule has 0 aromatic rings. The molecular weight excluding hydrogens is 200 g/mol. The second kappa shape index (κ2) is 3.76. The molecule has 0 saturated heterocycles. The van der Waals surface area contributed by atoms with Crippen LogP contribution in [-0.4, -0.2) is 11.6 Å². The lowest BCUT2D eigenvalue weighted by atomic mass is 9.67. The standard InChI is InChI=1S/C14H20O2/c1-9-5-6-12-11(7-13(9)12)8-14(3,4)16-10(2)15/h5-6,8-9,12-13H,7H2,1-4H3/t9?,12-,13-/m0/s1. The van der Waals surface area contributed by atoms with E-state index in [1.807, 2.05) is 13.8 Å². The van der Waals surface area contributed by atoms with Crippen molar-refractivity contribution in [3.8, 4) is 0 Å². The second-order valence-electron chi connectivity index (χ2n) is 5.55. The first-order valence-electron chi connectivity index (χ1n) is 5.98. The van der Waals surface area contributed by atoms with Crippen LogP contribution >= 0.6 is 0 Å². The molecule has 0 aromatic heterocycles. The minimum absolute atomic E-state index is 0.215. The molecule has 2 aliphatic rings. The number of hydrogen-bond acceptors (Lipinski definition) is 2. The van der Waals surface area contributed by atoms with Gasteiger partial charge in [-0.05, 0) is 38.2 Å². The zero-order valence-electron chi connectivity index (χ0n) is 10.5. The largest absolute Gasteiger partial charge is 0.456 e. The molecule has 16 heavy (non-hydrogen) atoms. The van der Waals surface area contributed by atoms with E-state index in [0.717, 1.165) is 12.3 Å². The molecule has 2 aliphatic carbocycles. The molecule has 88 valence electrons. The summed E-state index contributed by atoms with van der Waals surface area (Å²) in [6.07, 6.45) is 7.88. The molecule has 0 radical (unpaired) electrons. The molecule has 0 bridgehead atoms. The van der Waals surface area contributed by atoms with Gasteiger partial charge in [0.15, 0.2) is 0 Å². The third kappa shape index (κ3) is 2.06. The van der Waals surface area contributed by atoms with E-state index in [2.05, 4.69) is 25.2 Å². The molecule has 1 unspecified atom stereocenters. The van der Waals surface area contributed by atoms with Crippen LogP contribution in [0.3, 0.4) is 0 Å².